The van der Waals surface area contributed by atoms with Gasteiger partial charge in [-0.3, -0.25) is 0 Å². The maximum atomic E-state index is 11.9. The summed E-state index contributed by atoms with van der Waals surface area (Å²) in [5, 5.41) is 10.6. The fourth-order valence-corrected chi connectivity index (χ4v) is 2.73. The molecule has 0 radical (unpaired) electrons. The van der Waals surface area contributed by atoms with E-state index < -0.39 is 11.2 Å². The molecule has 128 valence electrons. The highest BCUT2D eigenvalue weighted by molar-refractivity contribution is 5.69. The zero-order valence-corrected chi connectivity index (χ0v) is 15.1. The summed E-state index contributed by atoms with van der Waals surface area (Å²) in [6.07, 6.45) is 0.196. The van der Waals surface area contributed by atoms with Gasteiger partial charge in [-0.05, 0) is 37.3 Å². The summed E-state index contributed by atoms with van der Waals surface area (Å²) in [5.41, 5.74) is 1.13. The monoisotopic (exact) mass is 319 g/mol. The summed E-state index contributed by atoms with van der Waals surface area (Å²) in [5.74, 6) is 0. The molecular weight excluding hydrogens is 290 g/mol. The molecule has 0 saturated carbocycles. The van der Waals surface area contributed by atoms with Crippen LogP contribution in [0, 0.1) is 0 Å². The molecule has 1 aliphatic heterocycles. The first-order valence-corrected chi connectivity index (χ1v) is 8.18. The van der Waals surface area contributed by atoms with E-state index in [4.69, 9.17) is 4.74 Å². The molecule has 1 N–H and O–H groups in total. The summed E-state index contributed by atoms with van der Waals surface area (Å²) in [6.45, 7) is 12.7. The number of ether oxygens (including phenoxy) is 1. The van der Waals surface area contributed by atoms with Gasteiger partial charge in [0.05, 0.1) is 13.1 Å². The van der Waals surface area contributed by atoms with Crippen molar-refractivity contribution in [3.63, 3.8) is 0 Å². The Morgan fingerprint density at radius 3 is 2.09 bits per heavy atom. The minimum Gasteiger partial charge on any atom is -0.444 e. The van der Waals surface area contributed by atoms with Gasteiger partial charge < -0.3 is 14.7 Å². The predicted molar refractivity (Wildman–Crippen MR) is 91.6 cm³/mol. The molecular formula is C19H29NO3. The normalized spacial score (nSPS) is 17.6. The lowest BCUT2D eigenvalue weighted by molar-refractivity contribution is -0.0973. The molecule has 0 atom stereocenters. The van der Waals surface area contributed by atoms with Gasteiger partial charge in [0.1, 0.15) is 11.2 Å². The maximum absolute atomic E-state index is 11.9. The number of β-amino-alcohol motifs (C(OH)–C–C–N with tert-alkyl or cyclic N) is 1. The van der Waals surface area contributed by atoms with Crippen LogP contribution in [-0.2, 0) is 16.6 Å². The van der Waals surface area contributed by atoms with Crippen LogP contribution in [0.3, 0.4) is 0 Å². The second-order valence-electron chi connectivity index (χ2n) is 8.68. The number of hydrogen-bond donors (Lipinski definition) is 1. The molecule has 1 amide bonds. The minimum atomic E-state index is -0.847. The Morgan fingerprint density at radius 1 is 1.13 bits per heavy atom. The van der Waals surface area contributed by atoms with E-state index in [0.717, 1.165) is 5.56 Å². The second kappa shape index (κ2) is 5.82. The third-order valence-corrected chi connectivity index (χ3v) is 3.98. The van der Waals surface area contributed by atoms with Gasteiger partial charge in [0, 0.05) is 6.42 Å². The molecule has 1 aromatic carbocycles. The minimum absolute atomic E-state index is 0.124. The molecule has 2 rings (SSSR count). The van der Waals surface area contributed by atoms with E-state index in [1.54, 1.807) is 4.90 Å². The lowest BCUT2D eigenvalue weighted by Crippen LogP contribution is -2.65. The third kappa shape index (κ3) is 4.71. The van der Waals surface area contributed by atoms with Crippen molar-refractivity contribution in [1.29, 1.82) is 0 Å². The zero-order valence-electron chi connectivity index (χ0n) is 15.1. The lowest BCUT2D eigenvalue weighted by atomic mass is 9.84. The van der Waals surface area contributed by atoms with E-state index in [1.807, 2.05) is 20.8 Å². The van der Waals surface area contributed by atoms with Gasteiger partial charge in [-0.25, -0.2) is 4.79 Å². The Hall–Kier alpha value is -1.55. The van der Waals surface area contributed by atoms with E-state index in [9.17, 15) is 9.90 Å². The number of rotatable bonds is 2. The van der Waals surface area contributed by atoms with Crippen molar-refractivity contribution in [3.8, 4) is 0 Å². The molecule has 1 saturated heterocycles. The van der Waals surface area contributed by atoms with Gasteiger partial charge in [-0.1, -0.05) is 45.0 Å². The second-order valence-corrected chi connectivity index (χ2v) is 8.68. The predicted octanol–water partition coefficient (Wildman–Crippen LogP) is 3.51. The number of likely N-dealkylation sites (tertiary alicyclic amines) is 1. The van der Waals surface area contributed by atoms with Gasteiger partial charge in [-0.15, -0.1) is 0 Å². The first-order chi connectivity index (χ1) is 10.4. The van der Waals surface area contributed by atoms with Crippen LogP contribution in [0.25, 0.3) is 0 Å². The van der Waals surface area contributed by atoms with E-state index >= 15 is 0 Å². The molecule has 4 nitrogen and oxygen atoms in total. The van der Waals surface area contributed by atoms with Crippen LogP contribution in [0.4, 0.5) is 4.79 Å². The molecule has 0 aliphatic carbocycles. The van der Waals surface area contributed by atoms with E-state index in [0.29, 0.717) is 19.5 Å². The third-order valence-electron chi connectivity index (χ3n) is 3.98. The number of benzene rings is 1. The maximum Gasteiger partial charge on any atom is 0.410 e. The topological polar surface area (TPSA) is 49.8 Å². The quantitative estimate of drug-likeness (QED) is 0.907. The van der Waals surface area contributed by atoms with Gasteiger partial charge >= 0.3 is 6.09 Å². The molecule has 4 heteroatoms. The first kappa shape index (κ1) is 17.8. The fraction of sp³-hybridized carbons (Fsp3) is 0.632. The van der Waals surface area contributed by atoms with Crippen molar-refractivity contribution in [2.24, 2.45) is 0 Å². The lowest BCUT2D eigenvalue weighted by Gasteiger charge is -2.46. The molecule has 0 spiro atoms. The molecule has 0 bridgehead atoms. The van der Waals surface area contributed by atoms with Gasteiger partial charge in [-0.2, -0.15) is 0 Å². The van der Waals surface area contributed by atoms with Gasteiger partial charge in [0.25, 0.3) is 0 Å². The van der Waals surface area contributed by atoms with Crippen LogP contribution in [-0.4, -0.2) is 40.4 Å². The fourth-order valence-electron chi connectivity index (χ4n) is 2.73. The number of carbonyl (C=O) groups excluding carboxylic acids is 1. The molecule has 23 heavy (non-hydrogen) atoms. The summed E-state index contributed by atoms with van der Waals surface area (Å²) < 4.78 is 5.31. The standard InChI is InChI=1S/C19H29NO3/c1-17(2,3)15-9-7-14(8-10-15)11-19(22)12-20(13-19)16(21)23-18(4,5)6/h7-10,22H,11-13H2,1-6H3. The van der Waals surface area contributed by atoms with Crippen molar-refractivity contribution in [3.05, 3.63) is 35.4 Å². The van der Waals surface area contributed by atoms with Gasteiger partial charge in [0.2, 0.25) is 0 Å². The largest absolute Gasteiger partial charge is 0.444 e. The molecule has 1 aliphatic rings. The average Bonchev–Trinajstić information content (AvgIpc) is 2.33. The number of hydrogen-bond acceptors (Lipinski definition) is 3. The van der Waals surface area contributed by atoms with Crippen molar-refractivity contribution >= 4 is 6.09 Å². The van der Waals surface area contributed by atoms with Gasteiger partial charge in [0.15, 0.2) is 0 Å². The SMILES string of the molecule is CC(C)(C)OC(=O)N1CC(O)(Cc2ccc(C(C)(C)C)cc2)C1. The number of amides is 1. The van der Waals surface area contributed by atoms with Crippen molar-refractivity contribution in [2.45, 2.75) is 64.6 Å². The van der Waals surface area contributed by atoms with Crippen molar-refractivity contribution < 1.29 is 14.6 Å². The van der Waals surface area contributed by atoms with Crippen molar-refractivity contribution in [2.75, 3.05) is 13.1 Å². The molecule has 1 fully saturated rings. The van der Waals surface area contributed by atoms with Crippen LogP contribution in [0.2, 0.25) is 0 Å². The van der Waals surface area contributed by atoms with E-state index in [2.05, 4.69) is 45.0 Å². The summed E-state index contributed by atoms with van der Waals surface area (Å²) >= 11 is 0. The molecule has 0 aromatic heterocycles. The molecule has 1 aromatic rings. The van der Waals surface area contributed by atoms with Crippen LogP contribution in [0.1, 0.15) is 52.7 Å². The van der Waals surface area contributed by atoms with Crippen molar-refractivity contribution in [1.82, 2.24) is 4.90 Å². The Balaban J connectivity index is 1.91. The number of carbonyl (C=O) groups is 1. The van der Waals surface area contributed by atoms with Crippen LogP contribution in [0.15, 0.2) is 24.3 Å². The smallest absolute Gasteiger partial charge is 0.410 e. The van der Waals surface area contributed by atoms with Crippen LogP contribution in [0.5, 0.6) is 0 Å². The number of aliphatic hydroxyl groups is 1. The Bertz CT molecular complexity index is 558. The summed E-state index contributed by atoms with van der Waals surface area (Å²) in [4.78, 5) is 13.5. The number of nitrogens with zero attached hydrogens (tertiary/aromatic N) is 1. The summed E-state index contributed by atoms with van der Waals surface area (Å²) in [7, 11) is 0. The highest BCUT2D eigenvalue weighted by Gasteiger charge is 2.45. The first-order valence-electron chi connectivity index (χ1n) is 8.18. The van der Waals surface area contributed by atoms with E-state index in [-0.39, 0.29) is 11.5 Å². The van der Waals surface area contributed by atoms with Crippen LogP contribution < -0.4 is 0 Å². The Morgan fingerprint density at radius 2 is 1.65 bits per heavy atom. The Labute approximate surface area is 139 Å². The summed E-state index contributed by atoms with van der Waals surface area (Å²) in [6, 6.07) is 8.36. The molecule has 0 unspecified atom stereocenters. The van der Waals surface area contributed by atoms with E-state index in [1.165, 1.54) is 5.56 Å². The highest BCUT2D eigenvalue weighted by atomic mass is 16.6. The highest BCUT2D eigenvalue weighted by Crippen LogP contribution is 2.28. The zero-order chi connectivity index (χ0) is 17.5. The van der Waals surface area contributed by atoms with Crippen LogP contribution >= 0.6 is 0 Å². The Kier molecular flexibility index (Phi) is 4.51. The average molecular weight is 319 g/mol. The molecule has 1 heterocycles.